The first-order valence-corrected chi connectivity index (χ1v) is 8.40. The lowest BCUT2D eigenvalue weighted by molar-refractivity contribution is 0.0514. The van der Waals surface area contributed by atoms with Crippen LogP contribution in [0.5, 0.6) is 0 Å². The Balaban J connectivity index is 2.01. The van der Waals surface area contributed by atoms with Gasteiger partial charge in [0, 0.05) is 18.5 Å². The number of ether oxygens (including phenoxy) is 2. The molecule has 2 aromatic rings. The number of rotatable bonds is 4. The van der Waals surface area contributed by atoms with Crippen LogP contribution >= 0.6 is 0 Å². The summed E-state index contributed by atoms with van der Waals surface area (Å²) in [6.45, 7) is 4.92. The van der Waals surface area contributed by atoms with Crippen LogP contribution in [0, 0.1) is 0 Å². The number of hydrogen-bond donors (Lipinski definition) is 0. The second-order valence-corrected chi connectivity index (χ2v) is 5.61. The number of hydrogen-bond acceptors (Lipinski definition) is 5. The fourth-order valence-corrected chi connectivity index (χ4v) is 2.94. The number of nitrogens with zero attached hydrogens (tertiary/aromatic N) is 3. The average Bonchev–Trinajstić information content (AvgIpc) is 3.02. The summed E-state index contributed by atoms with van der Waals surface area (Å²) in [6, 6.07) is 9.62. The van der Waals surface area contributed by atoms with Gasteiger partial charge < -0.3 is 14.4 Å². The zero-order chi connectivity index (χ0) is 17.8. The van der Waals surface area contributed by atoms with Crippen molar-refractivity contribution in [1.29, 1.82) is 0 Å². The van der Waals surface area contributed by atoms with E-state index in [0.29, 0.717) is 19.6 Å². The lowest BCUT2D eigenvalue weighted by Gasteiger charge is -2.26. The van der Waals surface area contributed by atoms with Gasteiger partial charge in [0.1, 0.15) is 0 Å². The van der Waals surface area contributed by atoms with E-state index in [9.17, 15) is 9.59 Å². The van der Waals surface area contributed by atoms with Gasteiger partial charge in [0.25, 0.3) is 0 Å². The van der Waals surface area contributed by atoms with Gasteiger partial charge in [-0.1, -0.05) is 18.2 Å². The molecule has 0 unspecified atom stereocenters. The van der Waals surface area contributed by atoms with Gasteiger partial charge in [-0.15, -0.1) is 0 Å². The fourth-order valence-electron chi connectivity index (χ4n) is 2.94. The molecule has 3 rings (SSSR count). The molecule has 0 atom stereocenters. The highest BCUT2D eigenvalue weighted by Gasteiger charge is 2.31. The number of esters is 1. The Bertz CT molecular complexity index is 770. The van der Waals surface area contributed by atoms with E-state index >= 15 is 0 Å². The van der Waals surface area contributed by atoms with Gasteiger partial charge in [-0.25, -0.2) is 14.3 Å². The Morgan fingerprint density at radius 2 is 1.84 bits per heavy atom. The highest BCUT2D eigenvalue weighted by atomic mass is 16.6. The molecule has 0 aliphatic carbocycles. The normalized spacial score (nSPS) is 13.3. The highest BCUT2D eigenvalue weighted by Crippen LogP contribution is 2.26. The first kappa shape index (κ1) is 17.0. The average molecular weight is 343 g/mol. The van der Waals surface area contributed by atoms with Crippen molar-refractivity contribution >= 4 is 12.1 Å². The van der Waals surface area contributed by atoms with Crippen LogP contribution in [0.4, 0.5) is 4.79 Å². The summed E-state index contributed by atoms with van der Waals surface area (Å²) < 4.78 is 12.0. The zero-order valence-corrected chi connectivity index (χ0v) is 14.4. The van der Waals surface area contributed by atoms with Gasteiger partial charge >= 0.3 is 12.1 Å². The molecule has 0 saturated heterocycles. The largest absolute Gasteiger partial charge is 0.461 e. The Morgan fingerprint density at radius 1 is 1.12 bits per heavy atom. The topological polar surface area (TPSA) is 73.7 Å². The quantitative estimate of drug-likeness (QED) is 0.798. The fraction of sp³-hybridized carbons (Fsp3) is 0.389. The van der Waals surface area contributed by atoms with E-state index in [1.165, 1.54) is 0 Å². The highest BCUT2D eigenvalue weighted by molar-refractivity contribution is 5.89. The number of carbonyl (C=O) groups is 2. The standard InChI is InChI=1S/C18H21N3O4/c1-3-24-17(22)16-14-12-20(18(23)25-4-2)11-10-15(14)21(19-16)13-8-6-5-7-9-13/h5-9H,3-4,10-12H2,1-2H3. The summed E-state index contributed by atoms with van der Waals surface area (Å²) in [4.78, 5) is 26.0. The van der Waals surface area contributed by atoms with Crippen LogP contribution in [0.1, 0.15) is 35.6 Å². The predicted octanol–water partition coefficient (Wildman–Crippen LogP) is 2.56. The molecule has 7 heteroatoms. The van der Waals surface area contributed by atoms with Crippen molar-refractivity contribution in [2.45, 2.75) is 26.8 Å². The van der Waals surface area contributed by atoms with E-state index in [-0.39, 0.29) is 24.9 Å². The number of carbonyl (C=O) groups excluding carboxylic acids is 2. The minimum Gasteiger partial charge on any atom is -0.461 e. The first-order chi connectivity index (χ1) is 12.2. The summed E-state index contributed by atoms with van der Waals surface area (Å²) in [5.41, 5.74) is 2.78. The number of aromatic nitrogens is 2. The number of amides is 1. The molecular weight excluding hydrogens is 322 g/mol. The number of fused-ring (bicyclic) bond motifs is 1. The Morgan fingerprint density at radius 3 is 2.52 bits per heavy atom. The van der Waals surface area contributed by atoms with Crippen LogP contribution in [-0.2, 0) is 22.4 Å². The molecule has 1 aliphatic heterocycles. The van der Waals surface area contributed by atoms with Crippen molar-refractivity contribution < 1.29 is 19.1 Å². The molecule has 132 valence electrons. The predicted molar refractivity (Wildman–Crippen MR) is 90.7 cm³/mol. The maximum Gasteiger partial charge on any atom is 0.410 e. The maximum atomic E-state index is 12.3. The Hall–Kier alpha value is -2.83. The monoisotopic (exact) mass is 343 g/mol. The van der Waals surface area contributed by atoms with E-state index < -0.39 is 5.97 Å². The SMILES string of the molecule is CCOC(=O)c1nn(-c2ccccc2)c2c1CN(C(=O)OCC)CC2. The van der Waals surface area contributed by atoms with Crippen molar-refractivity contribution in [2.24, 2.45) is 0 Å². The summed E-state index contributed by atoms with van der Waals surface area (Å²) >= 11 is 0. The van der Waals surface area contributed by atoms with Crippen LogP contribution in [0.15, 0.2) is 30.3 Å². The van der Waals surface area contributed by atoms with Crippen molar-refractivity contribution in [3.63, 3.8) is 0 Å². The molecule has 0 bridgehead atoms. The van der Waals surface area contributed by atoms with E-state index in [2.05, 4.69) is 5.10 Å². The summed E-state index contributed by atoms with van der Waals surface area (Å²) in [6.07, 6.45) is 0.213. The van der Waals surface area contributed by atoms with Crippen LogP contribution in [-0.4, -0.2) is 46.5 Å². The Kier molecular flexibility index (Phi) is 5.02. The Labute approximate surface area is 146 Å². The summed E-state index contributed by atoms with van der Waals surface area (Å²) in [5.74, 6) is -0.473. The molecule has 0 spiro atoms. The molecule has 2 heterocycles. The van der Waals surface area contributed by atoms with Crippen molar-refractivity contribution in [3.05, 3.63) is 47.3 Å². The minimum absolute atomic E-state index is 0.259. The smallest absolute Gasteiger partial charge is 0.410 e. The molecule has 1 aromatic heterocycles. The van der Waals surface area contributed by atoms with Crippen molar-refractivity contribution in [2.75, 3.05) is 19.8 Å². The molecule has 7 nitrogen and oxygen atoms in total. The lowest BCUT2D eigenvalue weighted by atomic mass is 10.1. The summed E-state index contributed by atoms with van der Waals surface area (Å²) in [5, 5.41) is 4.48. The van der Waals surface area contributed by atoms with E-state index in [1.807, 2.05) is 30.3 Å². The van der Waals surface area contributed by atoms with Crippen LogP contribution in [0.3, 0.4) is 0 Å². The van der Waals surface area contributed by atoms with E-state index in [4.69, 9.17) is 9.47 Å². The van der Waals surface area contributed by atoms with E-state index in [1.54, 1.807) is 23.4 Å². The lowest BCUT2D eigenvalue weighted by Crippen LogP contribution is -2.37. The molecule has 0 fully saturated rings. The van der Waals surface area contributed by atoms with Gasteiger partial charge in [0.05, 0.1) is 31.1 Å². The van der Waals surface area contributed by atoms with Gasteiger partial charge in [-0.2, -0.15) is 5.10 Å². The van der Waals surface area contributed by atoms with Crippen LogP contribution < -0.4 is 0 Å². The molecule has 0 radical (unpaired) electrons. The van der Waals surface area contributed by atoms with E-state index in [0.717, 1.165) is 16.9 Å². The number of para-hydroxylation sites is 1. The minimum atomic E-state index is -0.473. The zero-order valence-electron chi connectivity index (χ0n) is 14.4. The third-order valence-electron chi connectivity index (χ3n) is 4.05. The van der Waals surface area contributed by atoms with Gasteiger partial charge in [-0.05, 0) is 26.0 Å². The molecule has 1 aliphatic rings. The summed E-state index contributed by atoms with van der Waals surface area (Å²) in [7, 11) is 0. The molecule has 25 heavy (non-hydrogen) atoms. The molecule has 0 saturated carbocycles. The first-order valence-electron chi connectivity index (χ1n) is 8.40. The third kappa shape index (κ3) is 3.35. The third-order valence-corrected chi connectivity index (χ3v) is 4.05. The van der Waals surface area contributed by atoms with Gasteiger partial charge in [0.15, 0.2) is 5.69 Å². The van der Waals surface area contributed by atoms with Crippen LogP contribution in [0.2, 0.25) is 0 Å². The maximum absolute atomic E-state index is 12.3. The second kappa shape index (κ2) is 7.38. The van der Waals surface area contributed by atoms with Crippen molar-refractivity contribution in [3.8, 4) is 5.69 Å². The molecule has 0 N–H and O–H groups in total. The van der Waals surface area contributed by atoms with Gasteiger partial charge in [-0.3, -0.25) is 0 Å². The number of benzene rings is 1. The van der Waals surface area contributed by atoms with Gasteiger partial charge in [0.2, 0.25) is 0 Å². The molecule has 1 aromatic carbocycles. The second-order valence-electron chi connectivity index (χ2n) is 5.61. The van der Waals surface area contributed by atoms with Crippen LogP contribution in [0.25, 0.3) is 5.69 Å². The molecule has 1 amide bonds. The molecular formula is C18H21N3O4. The van der Waals surface area contributed by atoms with Crippen molar-refractivity contribution in [1.82, 2.24) is 14.7 Å².